The molecule has 2 nitrogen and oxygen atoms in total. The molecule has 1 aromatic heterocycles. The highest BCUT2D eigenvalue weighted by Gasteiger charge is 2.22. The van der Waals surface area contributed by atoms with Crippen LogP contribution in [0.5, 0.6) is 0 Å². The Bertz CT molecular complexity index is 382. The van der Waals surface area contributed by atoms with Crippen molar-refractivity contribution in [2.45, 2.75) is 32.7 Å². The average Bonchev–Trinajstić information content (AvgIpc) is 2.68. The summed E-state index contributed by atoms with van der Waals surface area (Å²) < 4.78 is 2.08. The van der Waals surface area contributed by atoms with E-state index in [1.54, 1.807) is 0 Å². The van der Waals surface area contributed by atoms with E-state index in [2.05, 4.69) is 49.1 Å². The van der Waals surface area contributed by atoms with E-state index >= 15 is 0 Å². The normalized spacial score (nSPS) is 24.2. The van der Waals surface area contributed by atoms with Crippen LogP contribution in [0, 0.1) is 11.8 Å². The van der Waals surface area contributed by atoms with Crippen LogP contribution in [0.1, 0.15) is 31.9 Å². The van der Waals surface area contributed by atoms with Gasteiger partial charge in [-0.15, -0.1) is 0 Å². The molecular formula is C13H18Br2N2. The second-order valence-corrected chi connectivity index (χ2v) is 6.65. The Morgan fingerprint density at radius 1 is 1.41 bits per heavy atom. The number of halogens is 2. The van der Waals surface area contributed by atoms with E-state index in [9.17, 15) is 0 Å². The molecule has 94 valence electrons. The zero-order valence-corrected chi connectivity index (χ0v) is 13.2. The lowest BCUT2D eigenvalue weighted by Gasteiger charge is -2.16. The van der Waals surface area contributed by atoms with E-state index in [0.29, 0.717) is 0 Å². The number of nitrogens with one attached hydrogen (secondary N) is 1. The monoisotopic (exact) mass is 360 g/mol. The third kappa shape index (κ3) is 3.76. The summed E-state index contributed by atoms with van der Waals surface area (Å²) in [5, 5.41) is 3.53. The molecule has 0 spiro atoms. The lowest BCUT2D eigenvalue weighted by Crippen LogP contribution is -2.24. The second-order valence-electron chi connectivity index (χ2n) is 4.88. The van der Waals surface area contributed by atoms with Gasteiger partial charge in [-0.05, 0) is 62.7 Å². The zero-order valence-electron chi connectivity index (χ0n) is 10.0. The van der Waals surface area contributed by atoms with Crippen molar-refractivity contribution >= 4 is 31.9 Å². The predicted molar refractivity (Wildman–Crippen MR) is 77.8 cm³/mol. The van der Waals surface area contributed by atoms with Crippen LogP contribution >= 0.6 is 31.9 Å². The van der Waals surface area contributed by atoms with Gasteiger partial charge in [0.25, 0.3) is 0 Å². The quantitative estimate of drug-likeness (QED) is 0.871. The molecule has 4 heteroatoms. The Morgan fingerprint density at radius 2 is 2.24 bits per heavy atom. The molecular weight excluding hydrogens is 344 g/mol. The van der Waals surface area contributed by atoms with Crippen molar-refractivity contribution in [1.82, 2.24) is 10.3 Å². The van der Waals surface area contributed by atoms with Crippen molar-refractivity contribution in [1.29, 1.82) is 0 Å². The SMILES string of the molecule is CC1CCCC1CNCc1ncc(Br)cc1Br. The molecule has 1 aliphatic rings. The molecule has 1 aliphatic carbocycles. The van der Waals surface area contributed by atoms with Gasteiger partial charge in [-0.3, -0.25) is 4.98 Å². The van der Waals surface area contributed by atoms with Gasteiger partial charge in [0.15, 0.2) is 0 Å². The topological polar surface area (TPSA) is 24.9 Å². The van der Waals surface area contributed by atoms with Crippen LogP contribution in [0.2, 0.25) is 0 Å². The molecule has 1 fully saturated rings. The summed E-state index contributed by atoms with van der Waals surface area (Å²) in [7, 11) is 0. The standard InChI is InChI=1S/C13H18Br2N2/c1-9-3-2-4-10(9)6-16-8-13-12(15)5-11(14)7-17-13/h5,7,9-10,16H,2-4,6,8H2,1H3. The predicted octanol–water partition coefficient (Wildman–Crippen LogP) is 4.13. The fourth-order valence-corrected chi connectivity index (χ4v) is 3.60. The fraction of sp³-hybridized carbons (Fsp3) is 0.615. The van der Waals surface area contributed by atoms with Gasteiger partial charge in [0.1, 0.15) is 0 Å². The third-order valence-electron chi connectivity index (χ3n) is 3.62. The van der Waals surface area contributed by atoms with Crippen molar-refractivity contribution in [3.8, 4) is 0 Å². The summed E-state index contributed by atoms with van der Waals surface area (Å²) in [6, 6.07) is 2.04. The molecule has 0 saturated heterocycles. The first-order valence-electron chi connectivity index (χ1n) is 6.17. The highest BCUT2D eigenvalue weighted by Crippen LogP contribution is 2.30. The van der Waals surface area contributed by atoms with Gasteiger partial charge >= 0.3 is 0 Å². The molecule has 0 amide bonds. The molecule has 0 aromatic carbocycles. The largest absolute Gasteiger partial charge is 0.311 e. The number of aromatic nitrogens is 1. The van der Waals surface area contributed by atoms with Crippen molar-refractivity contribution in [3.05, 3.63) is 26.9 Å². The van der Waals surface area contributed by atoms with Crippen molar-refractivity contribution < 1.29 is 0 Å². The number of hydrogen-bond acceptors (Lipinski definition) is 2. The van der Waals surface area contributed by atoms with Gasteiger partial charge in [0.2, 0.25) is 0 Å². The van der Waals surface area contributed by atoms with Gasteiger partial charge in [0, 0.05) is 21.7 Å². The van der Waals surface area contributed by atoms with E-state index in [0.717, 1.165) is 39.6 Å². The lowest BCUT2D eigenvalue weighted by molar-refractivity contribution is 0.391. The Labute approximate surface area is 120 Å². The Kier molecular flexibility index (Phi) is 5.00. The zero-order chi connectivity index (χ0) is 12.3. The number of rotatable bonds is 4. The van der Waals surface area contributed by atoms with Gasteiger partial charge in [-0.25, -0.2) is 0 Å². The molecule has 0 aliphatic heterocycles. The maximum absolute atomic E-state index is 4.40. The van der Waals surface area contributed by atoms with Crippen LogP contribution in [0.15, 0.2) is 21.2 Å². The van der Waals surface area contributed by atoms with Gasteiger partial charge in [0.05, 0.1) is 5.69 Å². The molecule has 1 saturated carbocycles. The Morgan fingerprint density at radius 3 is 2.88 bits per heavy atom. The van der Waals surface area contributed by atoms with E-state index in [1.807, 2.05) is 12.3 Å². The second kappa shape index (κ2) is 6.30. The summed E-state index contributed by atoms with van der Waals surface area (Å²) >= 11 is 6.95. The molecule has 2 unspecified atom stereocenters. The first-order chi connectivity index (χ1) is 8.16. The molecule has 1 heterocycles. The maximum atomic E-state index is 4.40. The van der Waals surface area contributed by atoms with E-state index < -0.39 is 0 Å². The number of pyridine rings is 1. The highest BCUT2D eigenvalue weighted by molar-refractivity contribution is 9.11. The number of hydrogen-bond donors (Lipinski definition) is 1. The summed E-state index contributed by atoms with van der Waals surface area (Å²) in [5.74, 6) is 1.73. The maximum Gasteiger partial charge on any atom is 0.0684 e. The van der Waals surface area contributed by atoms with Crippen molar-refractivity contribution in [2.75, 3.05) is 6.54 Å². The molecule has 17 heavy (non-hydrogen) atoms. The molecule has 1 aromatic rings. The minimum Gasteiger partial charge on any atom is -0.311 e. The average molecular weight is 362 g/mol. The van der Waals surface area contributed by atoms with Crippen LogP contribution in [-0.4, -0.2) is 11.5 Å². The molecule has 1 N–H and O–H groups in total. The smallest absolute Gasteiger partial charge is 0.0684 e. The molecule has 2 rings (SSSR count). The third-order valence-corrected chi connectivity index (χ3v) is 4.74. The number of nitrogens with zero attached hydrogens (tertiary/aromatic N) is 1. The summed E-state index contributed by atoms with van der Waals surface area (Å²) in [5.41, 5.74) is 1.08. The molecule has 2 atom stereocenters. The fourth-order valence-electron chi connectivity index (χ4n) is 2.47. The van der Waals surface area contributed by atoms with Gasteiger partial charge in [-0.1, -0.05) is 19.8 Å². The van der Waals surface area contributed by atoms with Crippen molar-refractivity contribution in [2.24, 2.45) is 11.8 Å². The minimum atomic E-state index is 0.844. The summed E-state index contributed by atoms with van der Waals surface area (Å²) in [6.45, 7) is 4.33. The van der Waals surface area contributed by atoms with Crippen LogP contribution in [-0.2, 0) is 6.54 Å². The summed E-state index contributed by atoms with van der Waals surface area (Å²) in [6.07, 6.45) is 6.02. The summed E-state index contributed by atoms with van der Waals surface area (Å²) in [4.78, 5) is 4.40. The Balaban J connectivity index is 1.81. The van der Waals surface area contributed by atoms with Crippen LogP contribution in [0.4, 0.5) is 0 Å². The van der Waals surface area contributed by atoms with Crippen molar-refractivity contribution in [3.63, 3.8) is 0 Å². The molecule has 0 radical (unpaired) electrons. The highest BCUT2D eigenvalue weighted by atomic mass is 79.9. The van der Waals surface area contributed by atoms with Crippen LogP contribution < -0.4 is 5.32 Å². The van der Waals surface area contributed by atoms with E-state index in [-0.39, 0.29) is 0 Å². The molecule has 0 bridgehead atoms. The van der Waals surface area contributed by atoms with Gasteiger partial charge in [-0.2, -0.15) is 0 Å². The van der Waals surface area contributed by atoms with Gasteiger partial charge < -0.3 is 5.32 Å². The first-order valence-corrected chi connectivity index (χ1v) is 7.76. The minimum absolute atomic E-state index is 0.844. The first kappa shape index (κ1) is 13.5. The van der Waals surface area contributed by atoms with Crippen LogP contribution in [0.3, 0.4) is 0 Å². The van der Waals surface area contributed by atoms with E-state index in [1.165, 1.54) is 19.3 Å². The Hall–Kier alpha value is 0.0700. The van der Waals surface area contributed by atoms with Crippen LogP contribution in [0.25, 0.3) is 0 Å². The van der Waals surface area contributed by atoms with E-state index in [4.69, 9.17) is 0 Å². The lowest BCUT2D eigenvalue weighted by atomic mass is 9.98.